The number of nitrogens with zero attached hydrogens (tertiary/aromatic N) is 3. The molecule has 2 heterocycles. The molecule has 2 amide bonds. The summed E-state index contributed by atoms with van der Waals surface area (Å²) in [4.78, 5) is 20.7. The minimum atomic E-state index is -4.77. The summed E-state index contributed by atoms with van der Waals surface area (Å²) < 4.78 is 47.2. The van der Waals surface area contributed by atoms with Gasteiger partial charge in [-0.1, -0.05) is 17.4 Å². The number of amides is 2. The fraction of sp³-hybridized carbons (Fsp3) is 0.444. The Labute approximate surface area is 181 Å². The Balaban J connectivity index is 0.00000320. The molecule has 1 aliphatic heterocycles. The van der Waals surface area contributed by atoms with Gasteiger partial charge in [-0.2, -0.15) is 0 Å². The highest BCUT2D eigenvalue weighted by molar-refractivity contribution is 7.22. The maximum atomic E-state index is 12.6. The molecule has 0 atom stereocenters. The lowest BCUT2D eigenvalue weighted by molar-refractivity contribution is -0.274. The summed E-state index contributed by atoms with van der Waals surface area (Å²) in [6.07, 6.45) is -3.20. The van der Waals surface area contributed by atoms with Crippen LogP contribution in [0.2, 0.25) is 0 Å². The van der Waals surface area contributed by atoms with Crippen LogP contribution >= 0.6 is 23.7 Å². The lowest BCUT2D eigenvalue weighted by Gasteiger charge is -2.29. The van der Waals surface area contributed by atoms with E-state index in [0.29, 0.717) is 48.2 Å². The zero-order valence-corrected chi connectivity index (χ0v) is 17.6. The normalized spacial score (nSPS) is 14.8. The Morgan fingerprint density at radius 2 is 2.13 bits per heavy atom. The monoisotopic (exact) mass is 466 g/mol. The number of urea groups is 1. The van der Waals surface area contributed by atoms with Crippen LogP contribution < -0.4 is 15.0 Å². The second-order valence-corrected chi connectivity index (χ2v) is 7.26. The first-order chi connectivity index (χ1) is 13.9. The number of hydrogen-bond donors (Lipinski definition) is 1. The molecule has 1 saturated heterocycles. The van der Waals surface area contributed by atoms with E-state index in [1.54, 1.807) is 6.08 Å². The smallest absolute Gasteiger partial charge is 0.406 e. The van der Waals surface area contributed by atoms with Crippen molar-refractivity contribution in [1.82, 2.24) is 15.2 Å². The number of hydrogen-bond acceptors (Lipinski definition) is 6. The minimum absolute atomic E-state index is 0. The topological polar surface area (TPSA) is 66.9 Å². The Morgan fingerprint density at radius 1 is 1.40 bits per heavy atom. The summed E-state index contributed by atoms with van der Waals surface area (Å²) in [5.41, 5.74) is 0.493. The molecule has 1 N–H and O–H groups in total. The van der Waals surface area contributed by atoms with E-state index in [9.17, 15) is 18.0 Å². The van der Waals surface area contributed by atoms with Gasteiger partial charge in [-0.05, 0) is 12.1 Å². The SMILES string of the molecule is C=CCNC(=O)N(CCN1CCOCC1)c1nc2ccc(OC(F)(F)F)cc2s1.Cl. The van der Waals surface area contributed by atoms with E-state index < -0.39 is 6.36 Å². The van der Waals surface area contributed by atoms with Crippen molar-refractivity contribution in [2.24, 2.45) is 0 Å². The van der Waals surface area contributed by atoms with Gasteiger partial charge in [0.2, 0.25) is 0 Å². The molecule has 7 nitrogen and oxygen atoms in total. The predicted molar refractivity (Wildman–Crippen MR) is 112 cm³/mol. The van der Waals surface area contributed by atoms with E-state index >= 15 is 0 Å². The van der Waals surface area contributed by atoms with Gasteiger partial charge in [0.25, 0.3) is 0 Å². The van der Waals surface area contributed by atoms with Crippen LogP contribution in [0.5, 0.6) is 5.75 Å². The van der Waals surface area contributed by atoms with Crippen LogP contribution in [0.15, 0.2) is 30.9 Å². The lowest BCUT2D eigenvalue weighted by Crippen LogP contribution is -2.46. The molecule has 12 heteroatoms. The molecule has 2 aromatic rings. The van der Waals surface area contributed by atoms with Gasteiger partial charge in [0.15, 0.2) is 5.13 Å². The summed E-state index contributed by atoms with van der Waals surface area (Å²) >= 11 is 1.13. The van der Waals surface area contributed by atoms with Crippen LogP contribution in [0.25, 0.3) is 10.2 Å². The number of carbonyl (C=O) groups is 1. The van der Waals surface area contributed by atoms with Crippen LogP contribution in [0.3, 0.4) is 0 Å². The molecular weight excluding hydrogens is 445 g/mol. The molecule has 1 aromatic heterocycles. The Kier molecular flexibility index (Phi) is 8.71. The quantitative estimate of drug-likeness (QED) is 0.631. The maximum Gasteiger partial charge on any atom is 0.573 e. The van der Waals surface area contributed by atoms with E-state index in [4.69, 9.17) is 4.74 Å². The zero-order chi connectivity index (χ0) is 20.9. The third-order valence-corrected chi connectivity index (χ3v) is 5.24. The molecule has 1 aromatic carbocycles. The van der Waals surface area contributed by atoms with Crippen LogP contribution in [0, 0.1) is 0 Å². The second kappa shape index (κ2) is 10.8. The summed E-state index contributed by atoms with van der Waals surface area (Å²) in [7, 11) is 0. The van der Waals surface area contributed by atoms with Gasteiger partial charge >= 0.3 is 12.4 Å². The molecular formula is C18H22ClF3N4O3S. The molecule has 3 rings (SSSR count). The second-order valence-electron chi connectivity index (χ2n) is 6.25. The average Bonchev–Trinajstić information content (AvgIpc) is 3.09. The number of anilines is 1. The average molecular weight is 467 g/mol. The number of ether oxygens (including phenoxy) is 2. The van der Waals surface area contributed by atoms with Crippen LogP contribution in [0.1, 0.15) is 0 Å². The third-order valence-electron chi connectivity index (χ3n) is 4.20. The summed E-state index contributed by atoms with van der Waals surface area (Å²) in [6.45, 7) is 7.73. The lowest BCUT2D eigenvalue weighted by atomic mass is 10.3. The van der Waals surface area contributed by atoms with Crippen molar-refractivity contribution in [1.29, 1.82) is 0 Å². The first kappa shape index (κ1) is 24.2. The van der Waals surface area contributed by atoms with Gasteiger partial charge in [0, 0.05) is 38.8 Å². The van der Waals surface area contributed by atoms with Crippen molar-refractivity contribution in [3.63, 3.8) is 0 Å². The number of rotatable bonds is 7. The van der Waals surface area contributed by atoms with Gasteiger partial charge in [-0.15, -0.1) is 32.2 Å². The number of fused-ring (bicyclic) bond motifs is 1. The van der Waals surface area contributed by atoms with Crippen molar-refractivity contribution >= 4 is 45.1 Å². The number of morpholine rings is 1. The Morgan fingerprint density at radius 3 is 2.80 bits per heavy atom. The number of halogens is 4. The highest BCUT2D eigenvalue weighted by Crippen LogP contribution is 2.33. The maximum absolute atomic E-state index is 12.6. The van der Waals surface area contributed by atoms with Gasteiger partial charge in [0.05, 0.1) is 23.4 Å². The molecule has 1 fully saturated rings. The number of alkyl halides is 3. The van der Waals surface area contributed by atoms with Crippen LogP contribution in [-0.4, -0.2) is 68.2 Å². The highest BCUT2D eigenvalue weighted by atomic mass is 35.5. The molecule has 0 saturated carbocycles. The number of benzene rings is 1. The van der Waals surface area contributed by atoms with Crippen molar-refractivity contribution in [3.8, 4) is 5.75 Å². The standard InChI is InChI=1S/C18H21F3N4O3S.ClH/c1-2-5-22-16(26)25(7-6-24-8-10-27-11-9-24)17-23-14-4-3-13(12-15(14)29-17)28-18(19,20)21;/h2-4,12H,1,5-11H2,(H,22,26);1H. The van der Waals surface area contributed by atoms with Crippen molar-refractivity contribution in [2.75, 3.05) is 50.8 Å². The zero-order valence-electron chi connectivity index (χ0n) is 16.0. The third kappa shape index (κ3) is 6.73. The van der Waals surface area contributed by atoms with Gasteiger partial charge in [0.1, 0.15) is 5.75 Å². The van der Waals surface area contributed by atoms with E-state index in [1.165, 1.54) is 23.1 Å². The minimum Gasteiger partial charge on any atom is -0.406 e. The van der Waals surface area contributed by atoms with E-state index in [2.05, 4.69) is 26.5 Å². The summed E-state index contributed by atoms with van der Waals surface area (Å²) in [6, 6.07) is 3.57. The van der Waals surface area contributed by atoms with Crippen molar-refractivity contribution in [2.45, 2.75) is 6.36 Å². The molecule has 0 spiro atoms. The van der Waals surface area contributed by atoms with Gasteiger partial charge in [-0.25, -0.2) is 9.78 Å². The molecule has 0 unspecified atom stereocenters. The Hall–Kier alpha value is -2.08. The van der Waals surface area contributed by atoms with Gasteiger partial charge in [-0.3, -0.25) is 9.80 Å². The van der Waals surface area contributed by atoms with E-state index in [0.717, 1.165) is 24.4 Å². The van der Waals surface area contributed by atoms with Gasteiger partial charge < -0.3 is 14.8 Å². The summed E-state index contributed by atoms with van der Waals surface area (Å²) in [5, 5.41) is 3.13. The fourth-order valence-corrected chi connectivity index (χ4v) is 3.83. The molecule has 1 aliphatic rings. The first-order valence-electron chi connectivity index (χ1n) is 8.98. The van der Waals surface area contributed by atoms with Crippen molar-refractivity contribution < 1.29 is 27.4 Å². The first-order valence-corrected chi connectivity index (χ1v) is 9.80. The highest BCUT2D eigenvalue weighted by Gasteiger charge is 2.31. The molecule has 0 bridgehead atoms. The van der Waals surface area contributed by atoms with E-state index in [1.807, 2.05) is 0 Å². The number of thiazole rings is 1. The fourth-order valence-electron chi connectivity index (χ4n) is 2.81. The molecule has 0 radical (unpaired) electrons. The Bertz CT molecular complexity index is 859. The molecule has 0 aliphatic carbocycles. The number of carbonyl (C=O) groups excluding carboxylic acids is 1. The molecule has 30 heavy (non-hydrogen) atoms. The molecule has 166 valence electrons. The largest absolute Gasteiger partial charge is 0.573 e. The van der Waals surface area contributed by atoms with Crippen LogP contribution in [0.4, 0.5) is 23.1 Å². The predicted octanol–water partition coefficient (Wildman–Crippen LogP) is 3.65. The number of nitrogens with one attached hydrogen (secondary N) is 1. The number of aromatic nitrogens is 1. The van der Waals surface area contributed by atoms with E-state index in [-0.39, 0.29) is 24.2 Å². The summed E-state index contributed by atoms with van der Waals surface area (Å²) in [5.74, 6) is -0.323. The van der Waals surface area contributed by atoms with Crippen LogP contribution in [-0.2, 0) is 4.74 Å². The van der Waals surface area contributed by atoms with Crippen molar-refractivity contribution in [3.05, 3.63) is 30.9 Å².